The highest BCUT2D eigenvalue weighted by molar-refractivity contribution is 5.94. The van der Waals surface area contributed by atoms with E-state index in [2.05, 4.69) is 10.1 Å². The van der Waals surface area contributed by atoms with Crippen LogP contribution in [0.25, 0.3) is 0 Å². The average molecular weight is 378 g/mol. The van der Waals surface area contributed by atoms with Gasteiger partial charge in [-0.2, -0.15) is 5.10 Å². The molecular weight excluding hydrogens is 356 g/mol. The van der Waals surface area contributed by atoms with Gasteiger partial charge in [-0.05, 0) is 17.7 Å². The van der Waals surface area contributed by atoms with Gasteiger partial charge in [0.15, 0.2) is 0 Å². The minimum absolute atomic E-state index is 0.0750. The molecule has 1 aromatic carbocycles. The molecular formula is C21H22N4O3. The van der Waals surface area contributed by atoms with Crippen LogP contribution in [0.5, 0.6) is 5.88 Å². The fourth-order valence-corrected chi connectivity index (χ4v) is 3.38. The molecule has 7 nitrogen and oxygen atoms in total. The summed E-state index contributed by atoms with van der Waals surface area (Å²) in [5.74, 6) is 0.402. The van der Waals surface area contributed by atoms with Crippen molar-refractivity contribution in [2.24, 2.45) is 0 Å². The smallest absolute Gasteiger partial charge is 0.255 e. The number of aliphatic hydroxyl groups excluding tert-OH is 1. The van der Waals surface area contributed by atoms with E-state index in [9.17, 15) is 9.90 Å². The Bertz CT molecular complexity index is 954. The van der Waals surface area contributed by atoms with E-state index in [1.165, 1.54) is 6.20 Å². The molecule has 0 spiro atoms. The highest BCUT2D eigenvalue weighted by Gasteiger charge is 2.25. The maximum absolute atomic E-state index is 12.8. The molecule has 28 heavy (non-hydrogen) atoms. The first kappa shape index (κ1) is 18.2. The lowest BCUT2D eigenvalue weighted by atomic mass is 10.1. The number of aromatic nitrogens is 3. The van der Waals surface area contributed by atoms with Crippen LogP contribution in [0.2, 0.25) is 0 Å². The van der Waals surface area contributed by atoms with Crippen LogP contribution < -0.4 is 4.74 Å². The molecule has 0 bridgehead atoms. The summed E-state index contributed by atoms with van der Waals surface area (Å²) < 4.78 is 6.91. The summed E-state index contributed by atoms with van der Waals surface area (Å²) in [5, 5.41) is 15.1. The van der Waals surface area contributed by atoms with Gasteiger partial charge < -0.3 is 14.7 Å². The molecule has 3 aromatic rings. The number of ether oxygens (including phenoxy) is 1. The summed E-state index contributed by atoms with van der Waals surface area (Å²) in [6, 6.07) is 15.1. The molecule has 1 amide bonds. The first-order valence-corrected chi connectivity index (χ1v) is 9.22. The largest absolute Gasteiger partial charge is 0.481 e. The van der Waals surface area contributed by atoms with Crippen molar-refractivity contribution in [3.8, 4) is 5.88 Å². The third-order valence-corrected chi connectivity index (χ3v) is 4.91. The predicted molar refractivity (Wildman–Crippen MR) is 103 cm³/mol. The van der Waals surface area contributed by atoms with Crippen molar-refractivity contribution in [3.05, 3.63) is 77.2 Å². The van der Waals surface area contributed by atoms with Crippen LogP contribution in [0.4, 0.5) is 0 Å². The molecule has 0 saturated heterocycles. The van der Waals surface area contributed by atoms with E-state index in [0.29, 0.717) is 43.2 Å². The van der Waals surface area contributed by atoms with Crippen molar-refractivity contribution in [2.45, 2.75) is 25.6 Å². The van der Waals surface area contributed by atoms with Crippen molar-refractivity contribution in [2.75, 3.05) is 13.7 Å². The fourth-order valence-electron chi connectivity index (χ4n) is 3.38. The summed E-state index contributed by atoms with van der Waals surface area (Å²) in [7, 11) is 1.54. The lowest BCUT2D eigenvalue weighted by molar-refractivity contribution is 0.0705. The van der Waals surface area contributed by atoms with Gasteiger partial charge in [-0.15, -0.1) is 0 Å². The second-order valence-electron chi connectivity index (χ2n) is 6.81. The van der Waals surface area contributed by atoms with Gasteiger partial charge in [0.1, 0.15) is 6.10 Å². The standard InChI is InChI=1S/C21H22N4O3/c1-28-20-8-7-16(13-22-20)21(27)24-9-10-25-17(14-24)12-18(23-25)19(26)11-15-5-3-2-4-6-15/h2-8,12-13,19,26H,9-11,14H2,1H3/t19-/m1/s1. The van der Waals surface area contributed by atoms with Gasteiger partial charge in [0, 0.05) is 25.2 Å². The van der Waals surface area contributed by atoms with Crippen LogP contribution in [-0.4, -0.2) is 44.3 Å². The van der Waals surface area contributed by atoms with Crippen LogP contribution in [0.15, 0.2) is 54.7 Å². The Hall–Kier alpha value is -3.19. The summed E-state index contributed by atoms with van der Waals surface area (Å²) in [5.41, 5.74) is 3.14. The number of rotatable bonds is 5. The minimum Gasteiger partial charge on any atom is -0.481 e. The van der Waals surface area contributed by atoms with E-state index in [0.717, 1.165) is 11.3 Å². The molecule has 1 aliphatic rings. The van der Waals surface area contributed by atoms with Gasteiger partial charge >= 0.3 is 0 Å². The maximum atomic E-state index is 12.8. The van der Waals surface area contributed by atoms with Crippen LogP contribution in [-0.2, 0) is 19.5 Å². The number of methoxy groups -OCH3 is 1. The summed E-state index contributed by atoms with van der Waals surface area (Å²) in [6.45, 7) is 1.62. The number of hydrogen-bond donors (Lipinski definition) is 1. The fraction of sp³-hybridized carbons (Fsp3) is 0.286. The van der Waals surface area contributed by atoms with Crippen molar-refractivity contribution < 1.29 is 14.6 Å². The summed E-state index contributed by atoms with van der Waals surface area (Å²) in [6.07, 6.45) is 1.37. The lowest BCUT2D eigenvalue weighted by Gasteiger charge is -2.27. The number of benzene rings is 1. The van der Waals surface area contributed by atoms with Crippen molar-refractivity contribution in [1.29, 1.82) is 0 Å². The summed E-state index contributed by atoms with van der Waals surface area (Å²) in [4.78, 5) is 18.6. The molecule has 4 rings (SSSR count). The Morgan fingerprint density at radius 3 is 2.75 bits per heavy atom. The van der Waals surface area contributed by atoms with Crippen LogP contribution in [0, 0.1) is 0 Å². The normalized spacial score (nSPS) is 14.4. The molecule has 0 unspecified atom stereocenters. The monoisotopic (exact) mass is 378 g/mol. The number of fused-ring (bicyclic) bond motifs is 1. The van der Waals surface area contributed by atoms with E-state index >= 15 is 0 Å². The molecule has 0 aliphatic carbocycles. The van der Waals surface area contributed by atoms with Crippen LogP contribution in [0.1, 0.15) is 33.4 Å². The molecule has 1 N–H and O–H groups in total. The molecule has 1 atom stereocenters. The zero-order valence-electron chi connectivity index (χ0n) is 15.7. The topological polar surface area (TPSA) is 80.5 Å². The van der Waals surface area contributed by atoms with Gasteiger partial charge in [-0.25, -0.2) is 4.98 Å². The Balaban J connectivity index is 1.45. The van der Waals surface area contributed by atoms with E-state index < -0.39 is 6.10 Å². The molecule has 2 aromatic heterocycles. The number of carbonyl (C=O) groups is 1. The van der Waals surface area contributed by atoms with Gasteiger partial charge in [0.05, 0.1) is 37.2 Å². The lowest BCUT2D eigenvalue weighted by Crippen LogP contribution is -2.38. The zero-order valence-corrected chi connectivity index (χ0v) is 15.7. The van der Waals surface area contributed by atoms with E-state index in [1.807, 2.05) is 41.1 Å². The average Bonchev–Trinajstić information content (AvgIpc) is 3.17. The number of nitrogens with zero attached hydrogens (tertiary/aromatic N) is 4. The van der Waals surface area contributed by atoms with Crippen LogP contribution in [0.3, 0.4) is 0 Å². The zero-order chi connectivity index (χ0) is 19.5. The maximum Gasteiger partial charge on any atom is 0.255 e. The number of pyridine rings is 1. The van der Waals surface area contributed by atoms with E-state index in [-0.39, 0.29) is 5.91 Å². The number of carbonyl (C=O) groups excluding carboxylic acids is 1. The van der Waals surface area contributed by atoms with Crippen molar-refractivity contribution in [3.63, 3.8) is 0 Å². The van der Waals surface area contributed by atoms with Gasteiger partial charge in [-0.3, -0.25) is 9.48 Å². The predicted octanol–water partition coefficient (Wildman–Crippen LogP) is 2.22. The Morgan fingerprint density at radius 1 is 1.21 bits per heavy atom. The third kappa shape index (κ3) is 3.75. The van der Waals surface area contributed by atoms with Gasteiger partial charge in [-0.1, -0.05) is 30.3 Å². The highest BCUT2D eigenvalue weighted by Crippen LogP contribution is 2.22. The second kappa shape index (κ2) is 7.82. The Morgan fingerprint density at radius 2 is 2.04 bits per heavy atom. The van der Waals surface area contributed by atoms with E-state index in [1.54, 1.807) is 24.1 Å². The number of aliphatic hydroxyl groups is 1. The minimum atomic E-state index is -0.671. The van der Waals surface area contributed by atoms with Crippen molar-refractivity contribution >= 4 is 5.91 Å². The quantitative estimate of drug-likeness (QED) is 0.736. The highest BCUT2D eigenvalue weighted by atomic mass is 16.5. The Labute approximate surface area is 163 Å². The molecule has 144 valence electrons. The number of hydrogen-bond acceptors (Lipinski definition) is 5. The molecule has 7 heteroatoms. The van der Waals surface area contributed by atoms with Crippen LogP contribution >= 0.6 is 0 Å². The Kier molecular flexibility index (Phi) is 5.08. The summed E-state index contributed by atoms with van der Waals surface area (Å²) >= 11 is 0. The third-order valence-electron chi connectivity index (χ3n) is 4.91. The first-order valence-electron chi connectivity index (χ1n) is 9.22. The molecule has 3 heterocycles. The van der Waals surface area contributed by atoms with E-state index in [4.69, 9.17) is 4.74 Å². The second-order valence-corrected chi connectivity index (χ2v) is 6.81. The van der Waals surface area contributed by atoms with Crippen molar-refractivity contribution in [1.82, 2.24) is 19.7 Å². The first-order chi connectivity index (χ1) is 13.6. The SMILES string of the molecule is COc1ccc(C(=O)N2CCn3nc([C@H](O)Cc4ccccc4)cc3C2)cn1. The molecule has 0 saturated carbocycles. The van der Waals surface area contributed by atoms with Gasteiger partial charge in [0.25, 0.3) is 5.91 Å². The molecule has 0 fully saturated rings. The molecule has 1 aliphatic heterocycles. The number of amides is 1. The van der Waals surface area contributed by atoms with Gasteiger partial charge in [0.2, 0.25) is 5.88 Å². The molecule has 0 radical (unpaired) electrons.